The average molecular weight is 407 g/mol. The summed E-state index contributed by atoms with van der Waals surface area (Å²) in [6.45, 7) is 1.64. The topological polar surface area (TPSA) is 72.7 Å². The Morgan fingerprint density at radius 2 is 2.00 bits per heavy atom. The smallest absolute Gasteiger partial charge is 0.288 e. The van der Waals surface area contributed by atoms with Crippen LogP contribution in [0.3, 0.4) is 0 Å². The summed E-state index contributed by atoms with van der Waals surface area (Å²) in [4.78, 5) is 13.2. The lowest BCUT2D eigenvalue weighted by molar-refractivity contribution is -0.119. The molecule has 0 saturated heterocycles. The first-order valence-corrected chi connectivity index (χ1v) is 9.15. The fourth-order valence-corrected chi connectivity index (χ4v) is 3.24. The first-order valence-electron chi connectivity index (χ1n) is 8.27. The minimum absolute atomic E-state index is 0.154. The fourth-order valence-electron chi connectivity index (χ4n) is 2.68. The summed E-state index contributed by atoms with van der Waals surface area (Å²) in [6.07, 6.45) is 0.154. The third-order valence-electron chi connectivity index (χ3n) is 3.90. The molecule has 2 aromatic carbocycles. The molecule has 0 spiro atoms. The van der Waals surface area contributed by atoms with Gasteiger partial charge in [0, 0.05) is 17.0 Å². The zero-order chi connectivity index (χ0) is 20.1. The van der Waals surface area contributed by atoms with Crippen LogP contribution in [-0.2, 0) is 11.2 Å². The van der Waals surface area contributed by atoms with Crippen LogP contribution in [0.25, 0.3) is 0 Å². The highest BCUT2D eigenvalue weighted by Crippen LogP contribution is 2.27. The van der Waals surface area contributed by atoms with E-state index < -0.39 is 23.5 Å². The van der Waals surface area contributed by atoms with Crippen molar-refractivity contribution in [3.63, 3.8) is 0 Å². The van der Waals surface area contributed by atoms with Crippen molar-refractivity contribution >= 4 is 23.4 Å². The number of amides is 1. The minimum Gasteiger partial charge on any atom is -0.324 e. The second kappa shape index (κ2) is 8.87. The van der Waals surface area contributed by atoms with Gasteiger partial charge in [-0.3, -0.25) is 4.79 Å². The highest BCUT2D eigenvalue weighted by molar-refractivity contribution is 7.99. The molecule has 3 aromatic rings. The molecule has 0 aliphatic rings. The van der Waals surface area contributed by atoms with Gasteiger partial charge >= 0.3 is 0 Å². The monoisotopic (exact) mass is 407 g/mol. The summed E-state index contributed by atoms with van der Waals surface area (Å²) in [5.74, 6) is -3.00. The Morgan fingerprint density at radius 1 is 1.21 bits per heavy atom. The maximum atomic E-state index is 13.5. The average Bonchev–Trinajstić information content (AvgIpc) is 3.05. The van der Waals surface area contributed by atoms with Crippen LogP contribution < -0.4 is 5.32 Å². The van der Waals surface area contributed by atoms with Gasteiger partial charge in [-0.1, -0.05) is 30.0 Å². The van der Waals surface area contributed by atoms with Crippen molar-refractivity contribution in [2.24, 2.45) is 0 Å². The second-order valence-corrected chi connectivity index (χ2v) is 6.98. The fraction of sp³-hybridized carbons (Fsp3) is 0.222. The van der Waals surface area contributed by atoms with Crippen LogP contribution >= 0.6 is 11.8 Å². The Hall–Kier alpha value is -2.88. The molecule has 28 heavy (non-hydrogen) atoms. The number of benzene rings is 2. The van der Waals surface area contributed by atoms with Gasteiger partial charge < -0.3 is 5.32 Å². The molecule has 0 saturated carbocycles. The number of carbonyl (C=O) groups excluding carboxylic acids is 1. The van der Waals surface area contributed by atoms with E-state index in [0.29, 0.717) is 33.7 Å². The van der Waals surface area contributed by atoms with Gasteiger partial charge in [-0.15, -0.1) is 5.10 Å². The molecule has 1 N–H and O–H groups in total. The number of alkyl halides is 2. The number of nitrogens with one attached hydrogen (secondary N) is 1. The molecular weight excluding hydrogens is 391 g/mol. The van der Waals surface area contributed by atoms with Crippen LogP contribution in [0, 0.1) is 12.7 Å². The van der Waals surface area contributed by atoms with E-state index in [4.69, 9.17) is 0 Å². The zero-order valence-electron chi connectivity index (χ0n) is 14.7. The summed E-state index contributed by atoms with van der Waals surface area (Å²) in [5.41, 5.74) is 0.961. The van der Waals surface area contributed by atoms with Gasteiger partial charge in [-0.2, -0.15) is 8.78 Å². The number of hydrogen-bond acceptors (Lipinski definition) is 5. The maximum Gasteiger partial charge on any atom is 0.288 e. The SMILES string of the molecule is Cc1nnnn1C(Cc1cccc(F)c1)C(=O)Nc1cccc(SC(F)F)c1. The summed E-state index contributed by atoms with van der Waals surface area (Å²) < 4.78 is 40.0. The molecule has 146 valence electrons. The molecule has 1 amide bonds. The molecule has 10 heteroatoms. The predicted molar refractivity (Wildman–Crippen MR) is 98.6 cm³/mol. The molecule has 1 atom stereocenters. The van der Waals surface area contributed by atoms with Crippen molar-refractivity contribution in [1.82, 2.24) is 20.2 Å². The Labute approximate surface area is 163 Å². The Kier molecular flexibility index (Phi) is 6.30. The van der Waals surface area contributed by atoms with Crippen LogP contribution in [0.15, 0.2) is 53.4 Å². The summed E-state index contributed by atoms with van der Waals surface area (Å²) >= 11 is 0.389. The molecule has 0 aliphatic carbocycles. The Bertz CT molecular complexity index is 966. The number of aryl methyl sites for hydroxylation is 1. The standard InChI is InChI=1S/C18H16F3N5OS/c1-11-23-24-25-26(11)16(9-12-4-2-5-13(19)8-12)17(27)22-14-6-3-7-15(10-14)28-18(20)21/h2-8,10,16,18H,9H2,1H3,(H,22,27). The van der Waals surface area contributed by atoms with Gasteiger partial charge in [0.1, 0.15) is 17.7 Å². The van der Waals surface area contributed by atoms with Gasteiger partial charge in [-0.25, -0.2) is 9.07 Å². The number of carbonyl (C=O) groups is 1. The van der Waals surface area contributed by atoms with Gasteiger partial charge in [0.15, 0.2) is 0 Å². The van der Waals surface area contributed by atoms with Crippen LogP contribution in [0.4, 0.5) is 18.9 Å². The maximum absolute atomic E-state index is 13.5. The lowest BCUT2D eigenvalue weighted by Crippen LogP contribution is -2.29. The van der Waals surface area contributed by atoms with Gasteiger partial charge in [0.05, 0.1) is 0 Å². The molecule has 1 unspecified atom stereocenters. The lowest BCUT2D eigenvalue weighted by Gasteiger charge is -2.18. The van der Waals surface area contributed by atoms with E-state index in [9.17, 15) is 18.0 Å². The van der Waals surface area contributed by atoms with E-state index in [2.05, 4.69) is 20.8 Å². The third kappa shape index (κ3) is 5.10. The minimum atomic E-state index is -2.56. The molecule has 0 aliphatic heterocycles. The third-order valence-corrected chi connectivity index (χ3v) is 4.60. The van der Waals surface area contributed by atoms with E-state index in [1.807, 2.05) is 0 Å². The first kappa shape index (κ1) is 19.9. The normalized spacial score (nSPS) is 12.2. The first-order chi connectivity index (χ1) is 13.4. The van der Waals surface area contributed by atoms with E-state index in [-0.39, 0.29) is 6.42 Å². The molecular formula is C18H16F3N5OS. The molecule has 3 rings (SSSR count). The van der Waals surface area contributed by atoms with Crippen molar-refractivity contribution in [2.45, 2.75) is 30.0 Å². The molecule has 0 radical (unpaired) electrons. The highest BCUT2D eigenvalue weighted by Gasteiger charge is 2.24. The highest BCUT2D eigenvalue weighted by atomic mass is 32.2. The quantitative estimate of drug-likeness (QED) is 0.602. The number of nitrogens with zero attached hydrogens (tertiary/aromatic N) is 4. The summed E-state index contributed by atoms with van der Waals surface area (Å²) in [7, 11) is 0. The summed E-state index contributed by atoms with van der Waals surface area (Å²) in [6, 6.07) is 11.2. The number of tetrazole rings is 1. The van der Waals surface area contributed by atoms with Crippen molar-refractivity contribution in [3.8, 4) is 0 Å². The zero-order valence-corrected chi connectivity index (χ0v) is 15.5. The number of rotatable bonds is 7. The molecule has 1 heterocycles. The molecule has 6 nitrogen and oxygen atoms in total. The van der Waals surface area contributed by atoms with Gasteiger partial charge in [0.25, 0.3) is 5.76 Å². The summed E-state index contributed by atoms with van der Waals surface area (Å²) in [5, 5.41) is 13.9. The second-order valence-electron chi connectivity index (χ2n) is 5.92. The van der Waals surface area contributed by atoms with E-state index in [1.165, 1.54) is 28.9 Å². The van der Waals surface area contributed by atoms with Gasteiger partial charge in [-0.05, 0) is 53.2 Å². The van der Waals surface area contributed by atoms with Crippen molar-refractivity contribution in [2.75, 3.05) is 5.32 Å². The van der Waals surface area contributed by atoms with Crippen LogP contribution in [0.1, 0.15) is 17.4 Å². The lowest BCUT2D eigenvalue weighted by atomic mass is 10.0. The number of anilines is 1. The van der Waals surface area contributed by atoms with E-state index >= 15 is 0 Å². The molecule has 0 bridgehead atoms. The van der Waals surface area contributed by atoms with Crippen molar-refractivity contribution < 1.29 is 18.0 Å². The molecule has 0 fully saturated rings. The van der Waals surface area contributed by atoms with Crippen LogP contribution in [0.2, 0.25) is 0 Å². The number of aromatic nitrogens is 4. The largest absolute Gasteiger partial charge is 0.324 e. The number of halogens is 3. The van der Waals surface area contributed by atoms with Crippen molar-refractivity contribution in [1.29, 1.82) is 0 Å². The van der Waals surface area contributed by atoms with Gasteiger partial charge in [0.2, 0.25) is 5.91 Å². The van der Waals surface area contributed by atoms with E-state index in [1.54, 1.807) is 31.2 Å². The van der Waals surface area contributed by atoms with Crippen molar-refractivity contribution in [3.05, 3.63) is 65.7 Å². The van der Waals surface area contributed by atoms with Crippen LogP contribution in [0.5, 0.6) is 0 Å². The molecule has 1 aromatic heterocycles. The number of thioether (sulfide) groups is 1. The van der Waals surface area contributed by atoms with Crippen LogP contribution in [-0.4, -0.2) is 31.9 Å². The Balaban J connectivity index is 1.84. The predicted octanol–water partition coefficient (Wildman–Crippen LogP) is 3.86. The van der Waals surface area contributed by atoms with E-state index in [0.717, 1.165) is 0 Å². The number of hydrogen-bond donors (Lipinski definition) is 1. The Morgan fingerprint density at radius 3 is 2.68 bits per heavy atom.